The number of hydrogen-bond acceptors (Lipinski definition) is 5. The number of halogens is 1. The Labute approximate surface area is 137 Å². The third-order valence-corrected chi connectivity index (χ3v) is 4.25. The van der Waals surface area contributed by atoms with Gasteiger partial charge in [0.25, 0.3) is 0 Å². The molecular formula is C16H16FN3O2S. The van der Waals surface area contributed by atoms with Gasteiger partial charge in [-0.15, -0.1) is 0 Å². The van der Waals surface area contributed by atoms with Gasteiger partial charge in [0.05, 0.1) is 12.2 Å². The lowest BCUT2D eigenvalue weighted by Gasteiger charge is -2.14. The summed E-state index contributed by atoms with van der Waals surface area (Å²) in [5.74, 6) is -0.403. The maximum Gasteiger partial charge on any atom is 0.414 e. The predicted octanol–water partition coefficient (Wildman–Crippen LogP) is 2.74. The van der Waals surface area contributed by atoms with Crippen LogP contribution in [0.1, 0.15) is 0 Å². The van der Waals surface area contributed by atoms with Gasteiger partial charge in [0, 0.05) is 17.0 Å². The van der Waals surface area contributed by atoms with Gasteiger partial charge in [0.2, 0.25) is 0 Å². The number of anilines is 1. The molecule has 2 aromatic carbocycles. The Hall–Kier alpha value is -2.09. The van der Waals surface area contributed by atoms with Crippen molar-refractivity contribution < 1.29 is 13.9 Å². The number of amides is 1. The first kappa shape index (κ1) is 15.8. The van der Waals surface area contributed by atoms with Crippen molar-refractivity contribution in [3.05, 3.63) is 48.3 Å². The molecule has 1 aliphatic rings. The van der Waals surface area contributed by atoms with Crippen molar-refractivity contribution in [3.63, 3.8) is 0 Å². The highest BCUT2D eigenvalue weighted by atomic mass is 32.2. The lowest BCUT2D eigenvalue weighted by atomic mass is 10.0. The number of carbonyl (C=O) groups is 1. The van der Waals surface area contributed by atoms with Crippen LogP contribution in [0.4, 0.5) is 14.9 Å². The molecule has 0 bridgehead atoms. The Morgan fingerprint density at radius 1 is 1.26 bits per heavy atom. The third kappa shape index (κ3) is 3.17. The summed E-state index contributed by atoms with van der Waals surface area (Å²) in [4.78, 5) is 14.1. The van der Waals surface area contributed by atoms with Crippen LogP contribution in [0.25, 0.3) is 11.1 Å². The normalized spacial score (nSPS) is 17.4. The Morgan fingerprint density at radius 2 is 2.00 bits per heavy atom. The second kappa shape index (κ2) is 6.57. The first-order chi connectivity index (χ1) is 11.1. The van der Waals surface area contributed by atoms with E-state index in [0.29, 0.717) is 17.8 Å². The Balaban J connectivity index is 1.87. The molecule has 1 heterocycles. The van der Waals surface area contributed by atoms with E-state index in [0.717, 1.165) is 22.4 Å². The minimum Gasteiger partial charge on any atom is -0.443 e. The molecule has 120 valence electrons. The number of hydrogen-bond donors (Lipinski definition) is 2. The lowest BCUT2D eigenvalue weighted by Crippen LogP contribution is -2.27. The molecule has 4 N–H and O–H groups in total. The largest absolute Gasteiger partial charge is 0.443 e. The maximum absolute atomic E-state index is 14.4. The van der Waals surface area contributed by atoms with Gasteiger partial charge in [-0.05, 0) is 47.8 Å². The summed E-state index contributed by atoms with van der Waals surface area (Å²) in [6, 6.07) is 12.0. The molecule has 1 aliphatic heterocycles. The van der Waals surface area contributed by atoms with Gasteiger partial charge in [0.1, 0.15) is 11.9 Å². The first-order valence-corrected chi connectivity index (χ1v) is 7.95. The number of rotatable bonds is 4. The molecule has 1 saturated heterocycles. The average molecular weight is 333 g/mol. The maximum atomic E-state index is 14.4. The van der Waals surface area contributed by atoms with Gasteiger partial charge in [-0.1, -0.05) is 12.1 Å². The van der Waals surface area contributed by atoms with Crippen molar-refractivity contribution >= 4 is 23.7 Å². The van der Waals surface area contributed by atoms with Crippen LogP contribution >= 0.6 is 11.9 Å². The minimum absolute atomic E-state index is 0.244. The number of nitrogens with zero attached hydrogens (tertiary/aromatic N) is 1. The van der Waals surface area contributed by atoms with E-state index in [2.05, 4.69) is 0 Å². The molecule has 0 radical (unpaired) electrons. The molecule has 3 rings (SSSR count). The quantitative estimate of drug-likeness (QED) is 0.841. The van der Waals surface area contributed by atoms with E-state index >= 15 is 0 Å². The van der Waals surface area contributed by atoms with Crippen molar-refractivity contribution in [2.75, 3.05) is 18.0 Å². The average Bonchev–Trinajstić information content (AvgIpc) is 2.96. The van der Waals surface area contributed by atoms with Gasteiger partial charge in [0.15, 0.2) is 0 Å². The monoisotopic (exact) mass is 333 g/mol. The molecule has 0 aliphatic carbocycles. The van der Waals surface area contributed by atoms with Crippen LogP contribution < -0.4 is 15.8 Å². The van der Waals surface area contributed by atoms with Crippen molar-refractivity contribution in [3.8, 4) is 11.1 Å². The van der Waals surface area contributed by atoms with Gasteiger partial charge >= 0.3 is 6.09 Å². The van der Waals surface area contributed by atoms with Crippen LogP contribution in [0, 0.1) is 5.82 Å². The zero-order valence-electron chi connectivity index (χ0n) is 12.2. The van der Waals surface area contributed by atoms with Crippen LogP contribution in [0.2, 0.25) is 0 Å². The fourth-order valence-electron chi connectivity index (χ4n) is 2.47. The second-order valence-electron chi connectivity index (χ2n) is 5.16. The Kier molecular flexibility index (Phi) is 4.51. The lowest BCUT2D eigenvalue weighted by molar-refractivity contribution is 0.145. The fraction of sp³-hybridized carbons (Fsp3) is 0.188. The van der Waals surface area contributed by atoms with Crippen LogP contribution in [-0.2, 0) is 4.74 Å². The van der Waals surface area contributed by atoms with E-state index in [-0.39, 0.29) is 12.6 Å². The highest BCUT2D eigenvalue weighted by Gasteiger charge is 2.31. The van der Waals surface area contributed by atoms with Gasteiger partial charge < -0.3 is 10.5 Å². The summed E-state index contributed by atoms with van der Waals surface area (Å²) in [5.41, 5.74) is 7.17. The molecule has 5 nitrogen and oxygen atoms in total. The Bertz CT molecular complexity index is 724. The van der Waals surface area contributed by atoms with E-state index in [1.54, 1.807) is 12.1 Å². The molecule has 0 spiro atoms. The SMILES string of the molecule is NC[C@H]1CN(c2ccc(-c3ccc(SN)cc3)c(F)c2)C(=O)O1. The molecule has 0 unspecified atom stereocenters. The van der Waals surface area contributed by atoms with Crippen LogP contribution in [-0.4, -0.2) is 25.3 Å². The number of ether oxygens (including phenoxy) is 1. The van der Waals surface area contributed by atoms with Crippen molar-refractivity contribution in [1.29, 1.82) is 0 Å². The molecule has 7 heteroatoms. The fourth-order valence-corrected chi connectivity index (χ4v) is 2.77. The first-order valence-electron chi connectivity index (χ1n) is 7.07. The molecule has 1 amide bonds. The minimum atomic E-state index is -0.503. The molecule has 23 heavy (non-hydrogen) atoms. The topological polar surface area (TPSA) is 81.6 Å². The van der Waals surface area contributed by atoms with E-state index in [1.165, 1.54) is 11.0 Å². The van der Waals surface area contributed by atoms with Crippen molar-refractivity contribution in [2.24, 2.45) is 10.9 Å². The van der Waals surface area contributed by atoms with E-state index < -0.39 is 11.9 Å². The number of nitrogens with two attached hydrogens (primary N) is 2. The van der Waals surface area contributed by atoms with Gasteiger partial charge in [-0.2, -0.15) is 0 Å². The van der Waals surface area contributed by atoms with Crippen molar-refractivity contribution in [1.82, 2.24) is 0 Å². The van der Waals surface area contributed by atoms with Crippen LogP contribution in [0.15, 0.2) is 47.4 Å². The summed E-state index contributed by atoms with van der Waals surface area (Å²) in [6.45, 7) is 0.574. The third-order valence-electron chi connectivity index (χ3n) is 3.70. The van der Waals surface area contributed by atoms with Gasteiger partial charge in [-0.3, -0.25) is 10.0 Å². The predicted molar refractivity (Wildman–Crippen MR) is 88.5 cm³/mol. The van der Waals surface area contributed by atoms with Gasteiger partial charge in [-0.25, -0.2) is 9.18 Å². The summed E-state index contributed by atoms with van der Waals surface area (Å²) in [7, 11) is 0. The molecule has 0 saturated carbocycles. The van der Waals surface area contributed by atoms with Crippen LogP contribution in [0.3, 0.4) is 0 Å². The molecule has 2 aromatic rings. The molecular weight excluding hydrogens is 317 g/mol. The standard InChI is InChI=1S/C16H16FN3O2S/c17-15-7-11(20-9-12(8-18)22-16(20)21)3-6-14(15)10-1-4-13(23-19)5-2-10/h1-7,12H,8-9,18-19H2/t12-/m0/s1. The summed E-state index contributed by atoms with van der Waals surface area (Å²) >= 11 is 1.14. The number of benzene rings is 2. The number of carbonyl (C=O) groups excluding carboxylic acids is 1. The molecule has 0 aromatic heterocycles. The smallest absolute Gasteiger partial charge is 0.414 e. The second-order valence-corrected chi connectivity index (χ2v) is 5.87. The molecule has 1 fully saturated rings. The number of cyclic esters (lactones) is 1. The van der Waals surface area contributed by atoms with Crippen LogP contribution in [0.5, 0.6) is 0 Å². The summed E-state index contributed by atoms with van der Waals surface area (Å²) < 4.78 is 19.5. The highest BCUT2D eigenvalue weighted by Crippen LogP contribution is 2.29. The zero-order chi connectivity index (χ0) is 16.4. The highest BCUT2D eigenvalue weighted by molar-refractivity contribution is 7.97. The van der Waals surface area contributed by atoms with E-state index in [1.807, 2.05) is 24.3 Å². The van der Waals surface area contributed by atoms with Crippen molar-refractivity contribution in [2.45, 2.75) is 11.0 Å². The van der Waals surface area contributed by atoms with E-state index in [9.17, 15) is 9.18 Å². The Morgan fingerprint density at radius 3 is 2.57 bits per heavy atom. The summed E-state index contributed by atoms with van der Waals surface area (Å²) in [5, 5.41) is 5.48. The molecule has 1 atom stereocenters. The zero-order valence-corrected chi connectivity index (χ0v) is 13.1. The van der Waals surface area contributed by atoms with E-state index in [4.69, 9.17) is 15.6 Å². The summed E-state index contributed by atoms with van der Waals surface area (Å²) in [6.07, 6.45) is -0.858.